The van der Waals surface area contributed by atoms with Crippen molar-refractivity contribution in [1.82, 2.24) is 9.55 Å². The average molecular weight is 195 g/mol. The molecular weight excluding hydrogens is 186 g/mol. The SMILES string of the molecule is C#CCn1c(CC#N)nc2ccccc21. The van der Waals surface area contributed by atoms with Crippen molar-refractivity contribution in [3.8, 4) is 18.4 Å². The number of fused-ring (bicyclic) bond motifs is 1. The van der Waals surface area contributed by atoms with Crippen molar-refractivity contribution in [2.24, 2.45) is 0 Å². The first-order valence-electron chi connectivity index (χ1n) is 4.61. The lowest BCUT2D eigenvalue weighted by atomic mass is 10.3. The van der Waals surface area contributed by atoms with Gasteiger partial charge < -0.3 is 4.57 Å². The molecule has 0 spiro atoms. The van der Waals surface area contributed by atoms with Crippen LogP contribution in [-0.2, 0) is 13.0 Å². The number of imidazole rings is 1. The molecule has 1 aromatic carbocycles. The van der Waals surface area contributed by atoms with Crippen molar-refractivity contribution < 1.29 is 0 Å². The summed E-state index contributed by atoms with van der Waals surface area (Å²) < 4.78 is 1.90. The fourth-order valence-corrected chi connectivity index (χ4v) is 1.60. The summed E-state index contributed by atoms with van der Waals surface area (Å²) in [6.45, 7) is 0.456. The Morgan fingerprint density at radius 2 is 2.20 bits per heavy atom. The molecule has 0 bridgehead atoms. The molecule has 0 aliphatic carbocycles. The third-order valence-corrected chi connectivity index (χ3v) is 2.22. The Kier molecular flexibility index (Phi) is 2.39. The number of benzene rings is 1. The van der Waals surface area contributed by atoms with Gasteiger partial charge in [-0.05, 0) is 12.1 Å². The minimum atomic E-state index is 0.288. The largest absolute Gasteiger partial charge is 0.315 e. The van der Waals surface area contributed by atoms with Gasteiger partial charge >= 0.3 is 0 Å². The Balaban J connectivity index is 2.65. The maximum Gasteiger partial charge on any atom is 0.124 e. The van der Waals surface area contributed by atoms with Crippen LogP contribution in [0.4, 0.5) is 0 Å². The van der Waals surface area contributed by atoms with Crippen molar-refractivity contribution in [1.29, 1.82) is 5.26 Å². The first-order valence-corrected chi connectivity index (χ1v) is 4.61. The number of terminal acetylenes is 1. The van der Waals surface area contributed by atoms with Crippen molar-refractivity contribution in [2.75, 3.05) is 0 Å². The second-order valence-corrected chi connectivity index (χ2v) is 3.14. The van der Waals surface area contributed by atoms with Gasteiger partial charge in [0.1, 0.15) is 5.82 Å². The van der Waals surface area contributed by atoms with Crippen LogP contribution in [0.3, 0.4) is 0 Å². The second kappa shape index (κ2) is 3.86. The molecule has 0 fully saturated rings. The maximum absolute atomic E-state index is 8.68. The molecule has 0 radical (unpaired) electrons. The number of rotatable bonds is 2. The number of para-hydroxylation sites is 2. The minimum absolute atomic E-state index is 0.288. The molecule has 0 N–H and O–H groups in total. The minimum Gasteiger partial charge on any atom is -0.315 e. The molecule has 3 heteroatoms. The molecule has 0 saturated heterocycles. The zero-order chi connectivity index (χ0) is 10.7. The van der Waals surface area contributed by atoms with Gasteiger partial charge in [0.15, 0.2) is 0 Å². The third kappa shape index (κ3) is 1.56. The number of hydrogen-bond acceptors (Lipinski definition) is 2. The normalized spacial score (nSPS) is 9.73. The van der Waals surface area contributed by atoms with Crippen LogP contribution >= 0.6 is 0 Å². The quantitative estimate of drug-likeness (QED) is 0.685. The van der Waals surface area contributed by atoms with Gasteiger partial charge in [0, 0.05) is 0 Å². The maximum atomic E-state index is 8.68. The van der Waals surface area contributed by atoms with Crippen LogP contribution in [0.15, 0.2) is 24.3 Å². The van der Waals surface area contributed by atoms with E-state index in [1.807, 2.05) is 28.8 Å². The lowest BCUT2D eigenvalue weighted by molar-refractivity contribution is 0.803. The predicted molar refractivity (Wildman–Crippen MR) is 57.9 cm³/mol. The Morgan fingerprint density at radius 3 is 2.93 bits per heavy atom. The van der Waals surface area contributed by atoms with E-state index in [0.29, 0.717) is 6.54 Å². The zero-order valence-corrected chi connectivity index (χ0v) is 8.14. The van der Waals surface area contributed by atoms with Gasteiger partial charge in [0.2, 0.25) is 0 Å². The molecule has 1 heterocycles. The fourth-order valence-electron chi connectivity index (χ4n) is 1.60. The van der Waals surface area contributed by atoms with E-state index in [-0.39, 0.29) is 6.42 Å². The molecule has 0 atom stereocenters. The summed E-state index contributed by atoms with van der Waals surface area (Å²) in [5, 5.41) is 8.68. The van der Waals surface area contributed by atoms with Crippen LogP contribution in [0, 0.1) is 23.7 Å². The van der Waals surface area contributed by atoms with E-state index in [4.69, 9.17) is 11.7 Å². The number of aromatic nitrogens is 2. The fraction of sp³-hybridized carbons (Fsp3) is 0.167. The molecule has 0 saturated carbocycles. The van der Waals surface area contributed by atoms with Crippen LogP contribution in [0.5, 0.6) is 0 Å². The molecule has 0 aliphatic heterocycles. The van der Waals surface area contributed by atoms with Crippen LogP contribution in [0.2, 0.25) is 0 Å². The topological polar surface area (TPSA) is 41.6 Å². The van der Waals surface area contributed by atoms with Crippen LogP contribution in [0.25, 0.3) is 11.0 Å². The van der Waals surface area contributed by atoms with Gasteiger partial charge in [-0.3, -0.25) is 0 Å². The Bertz CT molecular complexity index is 567. The lowest BCUT2D eigenvalue weighted by Gasteiger charge is -2.01. The van der Waals surface area contributed by atoms with Crippen LogP contribution in [0.1, 0.15) is 5.82 Å². The van der Waals surface area contributed by atoms with Crippen molar-refractivity contribution in [3.05, 3.63) is 30.1 Å². The van der Waals surface area contributed by atoms with Crippen molar-refractivity contribution in [2.45, 2.75) is 13.0 Å². The van der Waals surface area contributed by atoms with E-state index in [0.717, 1.165) is 16.9 Å². The van der Waals surface area contributed by atoms with Crippen LogP contribution < -0.4 is 0 Å². The smallest absolute Gasteiger partial charge is 0.124 e. The monoisotopic (exact) mass is 195 g/mol. The van der Waals surface area contributed by atoms with Gasteiger partial charge in [-0.15, -0.1) is 6.42 Å². The summed E-state index contributed by atoms with van der Waals surface area (Å²) in [6.07, 6.45) is 5.58. The highest BCUT2D eigenvalue weighted by Gasteiger charge is 2.08. The van der Waals surface area contributed by atoms with E-state index >= 15 is 0 Å². The number of nitriles is 1. The van der Waals surface area contributed by atoms with Gasteiger partial charge in [-0.2, -0.15) is 5.26 Å². The third-order valence-electron chi connectivity index (χ3n) is 2.22. The molecule has 2 rings (SSSR count). The van der Waals surface area contributed by atoms with Crippen molar-refractivity contribution in [3.63, 3.8) is 0 Å². The van der Waals surface area contributed by atoms with Gasteiger partial charge in [0.25, 0.3) is 0 Å². The predicted octanol–water partition coefficient (Wildman–Crippen LogP) is 1.74. The Morgan fingerprint density at radius 1 is 1.40 bits per heavy atom. The van der Waals surface area contributed by atoms with E-state index < -0.39 is 0 Å². The zero-order valence-electron chi connectivity index (χ0n) is 8.14. The molecule has 2 aromatic rings. The van der Waals surface area contributed by atoms with Crippen LogP contribution in [-0.4, -0.2) is 9.55 Å². The summed E-state index contributed by atoms with van der Waals surface area (Å²) in [5.41, 5.74) is 1.87. The van der Waals surface area contributed by atoms with E-state index in [1.165, 1.54) is 0 Å². The first-order chi connectivity index (χ1) is 7.36. The highest BCUT2D eigenvalue weighted by Crippen LogP contribution is 2.15. The molecule has 1 aromatic heterocycles. The molecule has 15 heavy (non-hydrogen) atoms. The van der Waals surface area contributed by atoms with E-state index in [9.17, 15) is 0 Å². The molecule has 0 unspecified atom stereocenters. The lowest BCUT2D eigenvalue weighted by Crippen LogP contribution is -2.01. The van der Waals surface area contributed by atoms with Crippen molar-refractivity contribution >= 4 is 11.0 Å². The highest BCUT2D eigenvalue weighted by atomic mass is 15.1. The van der Waals surface area contributed by atoms with Gasteiger partial charge in [-0.1, -0.05) is 18.1 Å². The molecule has 0 aliphatic rings. The van der Waals surface area contributed by atoms with Gasteiger partial charge in [-0.25, -0.2) is 4.98 Å². The highest BCUT2D eigenvalue weighted by molar-refractivity contribution is 5.76. The summed E-state index contributed by atoms with van der Waals surface area (Å²) in [5.74, 6) is 3.31. The summed E-state index contributed by atoms with van der Waals surface area (Å²) in [4.78, 5) is 4.37. The summed E-state index contributed by atoms with van der Waals surface area (Å²) in [7, 11) is 0. The van der Waals surface area contributed by atoms with Gasteiger partial charge in [0.05, 0.1) is 30.1 Å². The summed E-state index contributed by atoms with van der Waals surface area (Å²) in [6, 6.07) is 9.83. The molecule has 72 valence electrons. The molecule has 3 nitrogen and oxygen atoms in total. The average Bonchev–Trinajstić information content (AvgIpc) is 2.59. The Labute approximate surface area is 88.0 Å². The summed E-state index contributed by atoms with van der Waals surface area (Å²) >= 11 is 0. The molecular formula is C12H9N3. The number of nitrogens with zero attached hydrogens (tertiary/aromatic N) is 3. The molecule has 0 amide bonds. The Hall–Kier alpha value is -2.26. The first kappa shape index (κ1) is 9.30. The van der Waals surface area contributed by atoms with E-state index in [1.54, 1.807) is 0 Å². The second-order valence-electron chi connectivity index (χ2n) is 3.14. The van der Waals surface area contributed by atoms with E-state index in [2.05, 4.69) is 17.0 Å². The standard InChI is InChI=1S/C12H9N3/c1-2-9-15-11-6-4-3-5-10(11)14-12(15)7-8-13/h1,3-6H,7,9H2. The number of hydrogen-bond donors (Lipinski definition) is 0.